The molecule has 1 unspecified atom stereocenters. The van der Waals surface area contributed by atoms with Gasteiger partial charge in [-0.3, -0.25) is 0 Å². The Morgan fingerprint density at radius 1 is 1.14 bits per heavy atom. The number of hydrogen-bond donors (Lipinski definition) is 0. The molecule has 0 heterocycles. The highest BCUT2D eigenvalue weighted by molar-refractivity contribution is 7.91. The average Bonchev–Trinajstić information content (AvgIpc) is 2.02. The molecule has 0 spiro atoms. The van der Waals surface area contributed by atoms with Gasteiger partial charge in [0.25, 0.3) is 0 Å². The van der Waals surface area contributed by atoms with E-state index < -0.39 is 28.9 Å². The number of rotatable bonds is 2. The van der Waals surface area contributed by atoms with Gasteiger partial charge in [0.2, 0.25) is 5.75 Å². The fourth-order valence-electron chi connectivity index (χ4n) is 0.818. The van der Waals surface area contributed by atoms with Crippen molar-refractivity contribution in [2.45, 2.75) is 11.1 Å². The van der Waals surface area contributed by atoms with E-state index in [1.807, 2.05) is 0 Å². The zero-order valence-corrected chi connectivity index (χ0v) is 7.66. The highest BCUT2D eigenvalue weighted by Gasteiger charge is 2.35. The van der Waals surface area contributed by atoms with Crippen LogP contribution in [-0.2, 0) is 11.2 Å². The Morgan fingerprint density at radius 3 is 2.07 bits per heavy atom. The molecule has 1 rings (SSSR count). The predicted octanol–water partition coefficient (Wildman–Crippen LogP) is 2.50. The normalized spacial score (nSPS) is 14.1. The molecule has 0 bridgehead atoms. The lowest BCUT2D eigenvalue weighted by molar-refractivity contribution is -0.106. The lowest BCUT2D eigenvalue weighted by Gasteiger charge is -2.11. The van der Waals surface area contributed by atoms with Crippen LogP contribution in [-0.4, -0.2) is 16.5 Å². The molecule has 0 aliphatic heterocycles. The van der Waals surface area contributed by atoms with Gasteiger partial charge in [0.15, 0.2) is 4.90 Å². The molecule has 1 atom stereocenters. The molecule has 0 saturated carbocycles. The van der Waals surface area contributed by atoms with Gasteiger partial charge >= 0.3 is 6.18 Å². The van der Waals surface area contributed by atoms with Gasteiger partial charge in [-0.25, -0.2) is 4.39 Å². The van der Waals surface area contributed by atoms with E-state index in [1.54, 1.807) is 0 Å². The van der Waals surface area contributed by atoms with E-state index in [0.717, 1.165) is 24.3 Å². The first kappa shape index (κ1) is 11.3. The molecule has 78 valence electrons. The van der Waals surface area contributed by atoms with Crippen LogP contribution in [0.25, 0.3) is 0 Å². The molecule has 0 aromatic heterocycles. The first-order valence-electron chi connectivity index (χ1n) is 3.59. The summed E-state index contributed by atoms with van der Waals surface area (Å²) in [6.45, 7) is 0. The van der Waals surface area contributed by atoms with Crippen molar-refractivity contribution in [3.63, 3.8) is 0 Å². The number of alkyl halides is 3. The Balaban J connectivity index is 2.70. The van der Waals surface area contributed by atoms with Gasteiger partial charge in [0, 0.05) is 0 Å². The standard InChI is InChI=1S/C8H6F4OS/c9-6-1-3-7(4-2-6)14(13)5-8(10,11)12/h1-4H,5H2. The average molecular weight is 226 g/mol. The first-order chi connectivity index (χ1) is 6.38. The Bertz CT molecular complexity index is 295. The fraction of sp³-hybridized carbons (Fsp3) is 0.250. The lowest BCUT2D eigenvalue weighted by Crippen LogP contribution is -2.22. The van der Waals surface area contributed by atoms with Crippen molar-refractivity contribution < 1.29 is 22.1 Å². The zero-order valence-electron chi connectivity index (χ0n) is 6.84. The Hall–Kier alpha value is -0.750. The molecular formula is C8H6F4OS. The van der Waals surface area contributed by atoms with Crippen molar-refractivity contribution in [3.05, 3.63) is 30.1 Å². The molecule has 14 heavy (non-hydrogen) atoms. The summed E-state index contributed by atoms with van der Waals surface area (Å²) < 4.78 is 58.8. The zero-order chi connectivity index (χ0) is 10.8. The van der Waals surface area contributed by atoms with E-state index >= 15 is 0 Å². The van der Waals surface area contributed by atoms with Gasteiger partial charge in [-0.05, 0) is 35.4 Å². The minimum atomic E-state index is -4.47. The van der Waals surface area contributed by atoms with Crippen molar-refractivity contribution in [1.82, 2.24) is 0 Å². The predicted molar refractivity (Wildman–Crippen MR) is 43.7 cm³/mol. The van der Waals surface area contributed by atoms with Crippen molar-refractivity contribution in [1.29, 1.82) is 0 Å². The van der Waals surface area contributed by atoms with Gasteiger partial charge in [-0.2, -0.15) is 13.2 Å². The molecule has 1 nitrogen and oxygen atoms in total. The summed E-state index contributed by atoms with van der Waals surface area (Å²) in [5, 5.41) is 0. The molecule has 0 fully saturated rings. The van der Waals surface area contributed by atoms with Crippen LogP contribution >= 0.6 is 0 Å². The third-order valence-electron chi connectivity index (χ3n) is 1.37. The van der Waals surface area contributed by atoms with Crippen LogP contribution in [0.1, 0.15) is 0 Å². The van der Waals surface area contributed by atoms with Crippen LogP contribution in [0.3, 0.4) is 0 Å². The highest BCUT2D eigenvalue weighted by Crippen LogP contribution is 2.22. The Morgan fingerprint density at radius 2 is 1.64 bits per heavy atom. The van der Waals surface area contributed by atoms with Crippen LogP contribution < -0.4 is 0 Å². The summed E-state index contributed by atoms with van der Waals surface area (Å²) in [4.78, 5) is -0.0243. The molecule has 1 aromatic rings. The van der Waals surface area contributed by atoms with Crippen molar-refractivity contribution in [2.75, 3.05) is 5.75 Å². The molecule has 0 saturated heterocycles. The largest absolute Gasteiger partial charge is 0.611 e. The van der Waals surface area contributed by atoms with E-state index in [-0.39, 0.29) is 4.90 Å². The molecule has 0 radical (unpaired) electrons. The van der Waals surface area contributed by atoms with Crippen LogP contribution in [0.4, 0.5) is 17.6 Å². The van der Waals surface area contributed by atoms with Crippen molar-refractivity contribution in [3.8, 4) is 0 Å². The summed E-state index contributed by atoms with van der Waals surface area (Å²) in [6, 6.07) is 4.11. The van der Waals surface area contributed by atoms with Crippen LogP contribution in [0.2, 0.25) is 0 Å². The summed E-state index contributed by atoms with van der Waals surface area (Å²) in [7, 11) is 0. The first-order valence-corrected chi connectivity index (χ1v) is 4.91. The Kier molecular flexibility index (Phi) is 3.38. The molecule has 0 aliphatic carbocycles. The van der Waals surface area contributed by atoms with Gasteiger partial charge in [0.1, 0.15) is 5.82 Å². The van der Waals surface area contributed by atoms with E-state index in [1.165, 1.54) is 0 Å². The minimum Gasteiger partial charge on any atom is -0.611 e. The highest BCUT2D eigenvalue weighted by atomic mass is 32.2. The molecule has 1 aromatic carbocycles. The van der Waals surface area contributed by atoms with E-state index in [0.29, 0.717) is 0 Å². The molecule has 0 N–H and O–H groups in total. The maximum Gasteiger partial charge on any atom is 0.433 e. The van der Waals surface area contributed by atoms with Gasteiger partial charge in [0.05, 0.1) is 0 Å². The van der Waals surface area contributed by atoms with Crippen molar-refractivity contribution in [2.24, 2.45) is 0 Å². The second-order valence-corrected chi connectivity index (χ2v) is 4.01. The minimum absolute atomic E-state index is 0.0243. The SMILES string of the molecule is [O-][S+](CC(F)(F)F)c1ccc(F)cc1. The molecule has 6 heteroatoms. The summed E-state index contributed by atoms with van der Waals surface area (Å²) >= 11 is -2.15. The van der Waals surface area contributed by atoms with Gasteiger partial charge < -0.3 is 4.55 Å². The van der Waals surface area contributed by atoms with Crippen LogP contribution in [0.5, 0.6) is 0 Å². The fourth-order valence-corrected chi connectivity index (χ4v) is 1.72. The van der Waals surface area contributed by atoms with Gasteiger partial charge in [-0.1, -0.05) is 0 Å². The topological polar surface area (TPSA) is 23.1 Å². The second kappa shape index (κ2) is 4.18. The number of benzene rings is 1. The lowest BCUT2D eigenvalue weighted by atomic mass is 10.4. The van der Waals surface area contributed by atoms with Crippen molar-refractivity contribution >= 4 is 11.2 Å². The summed E-state index contributed by atoms with van der Waals surface area (Å²) in [5.41, 5.74) is 0. The second-order valence-electron chi connectivity index (χ2n) is 2.56. The van der Waals surface area contributed by atoms with Gasteiger partial charge in [-0.15, -0.1) is 0 Å². The van der Waals surface area contributed by atoms with E-state index in [9.17, 15) is 22.1 Å². The molecular weight excluding hydrogens is 220 g/mol. The summed E-state index contributed by atoms with van der Waals surface area (Å²) in [5.74, 6) is -1.98. The van der Waals surface area contributed by atoms with E-state index in [2.05, 4.69) is 0 Å². The maximum absolute atomic E-state index is 12.4. The Labute approximate surface area is 80.9 Å². The molecule has 0 amide bonds. The quantitative estimate of drug-likeness (QED) is 0.561. The van der Waals surface area contributed by atoms with Crippen LogP contribution in [0.15, 0.2) is 29.2 Å². The third kappa shape index (κ3) is 3.55. The monoisotopic (exact) mass is 226 g/mol. The maximum atomic E-state index is 12.4. The smallest absolute Gasteiger partial charge is 0.433 e. The van der Waals surface area contributed by atoms with E-state index in [4.69, 9.17) is 0 Å². The molecule has 0 aliphatic rings. The number of hydrogen-bond acceptors (Lipinski definition) is 1. The number of halogens is 4. The van der Waals surface area contributed by atoms with Crippen LogP contribution in [0, 0.1) is 5.82 Å². The third-order valence-corrected chi connectivity index (χ3v) is 2.76. The summed E-state index contributed by atoms with van der Waals surface area (Å²) in [6.07, 6.45) is -4.47.